The lowest BCUT2D eigenvalue weighted by Crippen LogP contribution is -2.40. The van der Waals surface area contributed by atoms with Gasteiger partial charge in [0.05, 0.1) is 37.8 Å². The van der Waals surface area contributed by atoms with E-state index in [4.69, 9.17) is 14.2 Å². The highest BCUT2D eigenvalue weighted by molar-refractivity contribution is 7.85. The number of pyridine rings is 1. The van der Waals surface area contributed by atoms with Crippen molar-refractivity contribution in [3.05, 3.63) is 95.3 Å². The van der Waals surface area contributed by atoms with Gasteiger partial charge in [0.1, 0.15) is 5.75 Å². The summed E-state index contributed by atoms with van der Waals surface area (Å²) in [4.78, 5) is 13.9. The zero-order chi connectivity index (χ0) is 24.0. The van der Waals surface area contributed by atoms with Crippen molar-refractivity contribution in [2.24, 2.45) is 0 Å². The van der Waals surface area contributed by atoms with Crippen molar-refractivity contribution < 1.29 is 18.8 Å². The van der Waals surface area contributed by atoms with E-state index in [-0.39, 0.29) is 10.9 Å². The first kappa shape index (κ1) is 24.0. The summed E-state index contributed by atoms with van der Waals surface area (Å²) < 4.78 is 32.7. The number of methoxy groups -OCH3 is 2. The van der Waals surface area contributed by atoms with Gasteiger partial charge in [-0.25, -0.2) is 0 Å². The van der Waals surface area contributed by atoms with E-state index in [0.717, 1.165) is 10.9 Å². The molecule has 0 saturated carbocycles. The van der Waals surface area contributed by atoms with Gasteiger partial charge >= 0.3 is 0 Å². The molecule has 1 heterocycles. The van der Waals surface area contributed by atoms with E-state index in [1.807, 2.05) is 78.9 Å². The summed E-state index contributed by atoms with van der Waals surface area (Å²) in [6.45, 7) is 1.56. The van der Waals surface area contributed by atoms with E-state index in [1.165, 1.54) is 0 Å². The van der Waals surface area contributed by atoms with Gasteiger partial charge in [0.25, 0.3) is 5.56 Å². The van der Waals surface area contributed by atoms with Crippen molar-refractivity contribution in [2.45, 2.75) is 6.54 Å². The quantitative estimate of drug-likeness (QED) is 0.259. The molecule has 1 aromatic heterocycles. The number of hydrogen-bond acceptors (Lipinski definition) is 5. The van der Waals surface area contributed by atoms with Crippen LogP contribution in [0.1, 0.15) is 0 Å². The van der Waals surface area contributed by atoms with Crippen molar-refractivity contribution in [2.75, 3.05) is 34.0 Å². The normalized spacial score (nSPS) is 11.6. The smallest absolute Gasteiger partial charge is 0.262 e. The van der Waals surface area contributed by atoms with Crippen LogP contribution in [0.4, 0.5) is 0 Å². The molecule has 3 aromatic carbocycles. The minimum Gasteiger partial charge on any atom is -0.497 e. The molecule has 0 aliphatic rings. The fraction of sp³-hybridized carbons (Fsp3) is 0.222. The molecule has 4 aromatic rings. The fourth-order valence-corrected chi connectivity index (χ4v) is 6.78. The van der Waals surface area contributed by atoms with E-state index in [2.05, 4.69) is 0 Å². The second-order valence-corrected chi connectivity index (χ2v) is 10.5. The molecule has 6 nitrogen and oxygen atoms in total. The molecule has 34 heavy (non-hydrogen) atoms. The molecule has 0 atom stereocenters. The zero-order valence-corrected chi connectivity index (χ0v) is 20.2. The van der Waals surface area contributed by atoms with Crippen LogP contribution in [0.15, 0.2) is 89.7 Å². The maximum atomic E-state index is 14.9. The summed E-state index contributed by atoms with van der Waals surface area (Å²) in [5, 5.41) is 2.27. The molecule has 0 aliphatic heterocycles. The Morgan fingerprint density at radius 1 is 0.794 bits per heavy atom. The van der Waals surface area contributed by atoms with Crippen molar-refractivity contribution >= 4 is 34.0 Å². The Balaban J connectivity index is 1.95. The van der Waals surface area contributed by atoms with E-state index < -0.39 is 7.14 Å². The van der Waals surface area contributed by atoms with E-state index >= 15 is 0 Å². The van der Waals surface area contributed by atoms with Gasteiger partial charge in [0.15, 0.2) is 7.14 Å². The van der Waals surface area contributed by atoms with Crippen LogP contribution in [0.5, 0.6) is 5.75 Å². The predicted molar refractivity (Wildman–Crippen MR) is 137 cm³/mol. The summed E-state index contributed by atoms with van der Waals surface area (Å²) in [5.74, 6) is 0.661. The SMILES string of the molecule is COCCOCCn1c(=O)c(P(=O)(c2ccccc2)c2ccccc2)cc2cc(OC)ccc21. The van der Waals surface area contributed by atoms with Gasteiger partial charge in [0, 0.05) is 29.6 Å². The van der Waals surface area contributed by atoms with Crippen LogP contribution < -0.4 is 26.2 Å². The van der Waals surface area contributed by atoms with Crippen LogP contribution >= 0.6 is 7.14 Å². The Hall–Kier alpha value is -3.18. The maximum absolute atomic E-state index is 14.9. The first-order chi connectivity index (χ1) is 16.6. The molecular weight excluding hydrogens is 449 g/mol. The third-order valence-corrected chi connectivity index (χ3v) is 8.80. The molecule has 0 aliphatic carbocycles. The van der Waals surface area contributed by atoms with E-state index in [0.29, 0.717) is 42.7 Å². The molecule has 176 valence electrons. The van der Waals surface area contributed by atoms with Gasteiger partial charge in [0.2, 0.25) is 0 Å². The number of aromatic nitrogens is 1. The summed E-state index contributed by atoms with van der Waals surface area (Å²) in [5.41, 5.74) is 0.446. The highest BCUT2D eigenvalue weighted by atomic mass is 31.2. The minimum absolute atomic E-state index is 0.266. The Morgan fingerprint density at radius 2 is 1.44 bits per heavy atom. The maximum Gasteiger partial charge on any atom is 0.262 e. The number of benzene rings is 3. The molecule has 7 heteroatoms. The first-order valence-electron chi connectivity index (χ1n) is 11.1. The van der Waals surface area contributed by atoms with Crippen molar-refractivity contribution in [3.8, 4) is 5.75 Å². The average molecular weight is 477 g/mol. The number of hydrogen-bond donors (Lipinski definition) is 0. The standard InChI is InChI=1S/C27H28NO5P/c1-31-17-18-33-16-15-28-25-14-13-22(32-2)19-21(25)20-26(27(28)29)34(30,23-9-5-3-6-10-23)24-11-7-4-8-12-24/h3-14,19-20H,15-18H2,1-2H3. The molecule has 0 unspecified atom stereocenters. The Bertz CT molecular complexity index is 1310. The highest BCUT2D eigenvalue weighted by Gasteiger charge is 2.33. The molecule has 0 bridgehead atoms. The fourth-order valence-electron chi connectivity index (χ4n) is 4.03. The first-order valence-corrected chi connectivity index (χ1v) is 12.8. The molecule has 0 N–H and O–H groups in total. The van der Waals surface area contributed by atoms with E-state index in [9.17, 15) is 9.36 Å². The second kappa shape index (κ2) is 10.8. The molecular formula is C27H28NO5P. The van der Waals surface area contributed by atoms with Gasteiger partial charge in [-0.2, -0.15) is 0 Å². The van der Waals surface area contributed by atoms with E-state index in [1.54, 1.807) is 24.9 Å². The van der Waals surface area contributed by atoms with Gasteiger partial charge in [-0.3, -0.25) is 4.79 Å². The topological polar surface area (TPSA) is 66.8 Å². The minimum atomic E-state index is -3.45. The largest absolute Gasteiger partial charge is 0.497 e. The average Bonchev–Trinajstić information content (AvgIpc) is 2.89. The summed E-state index contributed by atoms with van der Waals surface area (Å²) in [6.07, 6.45) is 0. The monoisotopic (exact) mass is 477 g/mol. The summed E-state index contributed by atoms with van der Waals surface area (Å²) in [6, 6.07) is 25.7. The number of nitrogens with zero attached hydrogens (tertiary/aromatic N) is 1. The predicted octanol–water partition coefficient (Wildman–Crippen LogP) is 3.31. The Labute approximate surface area is 199 Å². The van der Waals surface area contributed by atoms with Crippen molar-refractivity contribution in [3.63, 3.8) is 0 Å². The third kappa shape index (κ3) is 4.71. The number of rotatable bonds is 10. The Kier molecular flexibility index (Phi) is 7.63. The molecule has 0 radical (unpaired) electrons. The second-order valence-electron chi connectivity index (χ2n) is 7.80. The third-order valence-electron chi connectivity index (χ3n) is 5.75. The van der Waals surface area contributed by atoms with Crippen LogP contribution in [0.3, 0.4) is 0 Å². The van der Waals surface area contributed by atoms with Crippen molar-refractivity contribution in [1.29, 1.82) is 0 Å². The van der Waals surface area contributed by atoms with Crippen LogP contribution in [-0.2, 0) is 20.6 Å². The number of ether oxygens (including phenoxy) is 3. The van der Waals surface area contributed by atoms with Crippen LogP contribution in [0.2, 0.25) is 0 Å². The molecule has 0 saturated heterocycles. The van der Waals surface area contributed by atoms with Gasteiger partial charge < -0.3 is 23.3 Å². The number of fused-ring (bicyclic) bond motifs is 1. The van der Waals surface area contributed by atoms with Crippen LogP contribution in [-0.4, -0.2) is 38.6 Å². The molecule has 0 spiro atoms. The zero-order valence-electron chi connectivity index (χ0n) is 19.3. The highest BCUT2D eigenvalue weighted by Crippen LogP contribution is 2.41. The van der Waals surface area contributed by atoms with Crippen LogP contribution in [0, 0.1) is 0 Å². The molecule has 4 rings (SSSR count). The van der Waals surface area contributed by atoms with Crippen molar-refractivity contribution in [1.82, 2.24) is 4.57 Å². The lowest BCUT2D eigenvalue weighted by atomic mass is 10.2. The molecule has 0 fully saturated rings. The summed E-state index contributed by atoms with van der Waals surface area (Å²) in [7, 11) is -0.242. The Morgan fingerprint density at radius 3 is 2.03 bits per heavy atom. The lowest BCUT2D eigenvalue weighted by molar-refractivity contribution is 0.0667. The van der Waals surface area contributed by atoms with Gasteiger partial charge in [-0.1, -0.05) is 60.7 Å². The van der Waals surface area contributed by atoms with Gasteiger partial charge in [-0.05, 0) is 24.3 Å². The molecule has 0 amide bonds. The lowest BCUT2D eigenvalue weighted by Gasteiger charge is -2.22. The van der Waals surface area contributed by atoms with Gasteiger partial charge in [-0.15, -0.1) is 0 Å². The summed E-state index contributed by atoms with van der Waals surface area (Å²) >= 11 is 0. The van der Waals surface area contributed by atoms with Crippen LogP contribution in [0.25, 0.3) is 10.9 Å².